The molecule has 0 aliphatic carbocycles. The highest BCUT2D eigenvalue weighted by Gasteiger charge is 2.27. The van der Waals surface area contributed by atoms with Crippen LogP contribution in [0.3, 0.4) is 0 Å². The highest BCUT2D eigenvalue weighted by Crippen LogP contribution is 2.21. The number of nitrogens with one attached hydrogen (secondary N) is 1. The van der Waals surface area contributed by atoms with Crippen LogP contribution in [0.15, 0.2) is 30.3 Å². The summed E-state index contributed by atoms with van der Waals surface area (Å²) in [5.74, 6) is -0.134. The molecule has 2 aliphatic heterocycles. The molecule has 126 valence electrons. The summed E-state index contributed by atoms with van der Waals surface area (Å²) in [6.45, 7) is 4.59. The molecule has 0 bridgehead atoms. The molecule has 1 atom stereocenters. The number of hydrogen-bond acceptors (Lipinski definition) is 5. The van der Waals surface area contributed by atoms with Crippen LogP contribution >= 0.6 is 0 Å². The number of methoxy groups -OCH3 is 1. The number of carbonyl (C=O) groups is 1. The van der Waals surface area contributed by atoms with Gasteiger partial charge >= 0.3 is 5.97 Å². The Morgan fingerprint density at radius 1 is 1.13 bits per heavy atom. The molecule has 2 saturated heterocycles. The topological polar surface area (TPSA) is 44.8 Å². The van der Waals surface area contributed by atoms with Crippen molar-refractivity contribution in [2.24, 2.45) is 0 Å². The highest BCUT2D eigenvalue weighted by atomic mass is 16.5. The monoisotopic (exact) mass is 317 g/mol. The van der Waals surface area contributed by atoms with E-state index in [0.29, 0.717) is 18.6 Å². The SMILES string of the molecule is COC(=O)CN1CCC(N[C@@H]2CCN(c3ccccc3)C2)CC1. The largest absolute Gasteiger partial charge is 0.468 e. The normalized spacial score (nSPS) is 23.2. The van der Waals surface area contributed by atoms with E-state index in [1.165, 1.54) is 19.2 Å². The molecule has 23 heavy (non-hydrogen) atoms. The predicted octanol–water partition coefficient (Wildman–Crippen LogP) is 1.49. The number of ether oxygens (including phenoxy) is 1. The molecule has 0 spiro atoms. The molecule has 2 aliphatic rings. The summed E-state index contributed by atoms with van der Waals surface area (Å²) in [5, 5.41) is 3.82. The van der Waals surface area contributed by atoms with Gasteiger partial charge in [0.25, 0.3) is 0 Å². The number of esters is 1. The van der Waals surface area contributed by atoms with Gasteiger partial charge in [0.2, 0.25) is 0 Å². The van der Waals surface area contributed by atoms with Gasteiger partial charge in [0.15, 0.2) is 0 Å². The molecule has 5 heteroatoms. The number of rotatable bonds is 5. The molecule has 0 radical (unpaired) electrons. The number of benzene rings is 1. The zero-order chi connectivity index (χ0) is 16.1. The second kappa shape index (κ2) is 7.79. The Bertz CT molecular complexity index is 500. The fourth-order valence-corrected chi connectivity index (χ4v) is 3.61. The third-order valence-electron chi connectivity index (χ3n) is 4.95. The average Bonchev–Trinajstić information content (AvgIpc) is 3.06. The van der Waals surface area contributed by atoms with Crippen LogP contribution in [0.2, 0.25) is 0 Å². The molecule has 1 aromatic carbocycles. The van der Waals surface area contributed by atoms with Crippen molar-refractivity contribution >= 4 is 11.7 Å². The summed E-state index contributed by atoms with van der Waals surface area (Å²) in [7, 11) is 1.45. The van der Waals surface area contributed by atoms with Crippen LogP contribution in [0.4, 0.5) is 5.69 Å². The highest BCUT2D eigenvalue weighted by molar-refractivity contribution is 5.71. The van der Waals surface area contributed by atoms with Gasteiger partial charge in [-0.15, -0.1) is 0 Å². The van der Waals surface area contributed by atoms with Gasteiger partial charge < -0.3 is 15.0 Å². The molecule has 2 fully saturated rings. The molecule has 0 saturated carbocycles. The van der Waals surface area contributed by atoms with Gasteiger partial charge in [-0.3, -0.25) is 9.69 Å². The zero-order valence-electron chi connectivity index (χ0n) is 13.9. The molecule has 1 N–H and O–H groups in total. The summed E-state index contributed by atoms with van der Waals surface area (Å²) in [4.78, 5) is 16.0. The van der Waals surface area contributed by atoms with Gasteiger partial charge in [0.05, 0.1) is 13.7 Å². The van der Waals surface area contributed by atoms with Crippen molar-refractivity contribution in [3.05, 3.63) is 30.3 Å². The summed E-state index contributed by atoms with van der Waals surface area (Å²) in [5.41, 5.74) is 1.32. The van der Waals surface area contributed by atoms with Crippen molar-refractivity contribution in [3.63, 3.8) is 0 Å². The van der Waals surface area contributed by atoms with Crippen LogP contribution < -0.4 is 10.2 Å². The van der Waals surface area contributed by atoms with E-state index in [4.69, 9.17) is 4.74 Å². The Balaban J connectivity index is 1.41. The fraction of sp³-hybridized carbons (Fsp3) is 0.611. The third-order valence-corrected chi connectivity index (χ3v) is 4.95. The van der Waals surface area contributed by atoms with Crippen LogP contribution in [0, 0.1) is 0 Å². The van der Waals surface area contributed by atoms with E-state index < -0.39 is 0 Å². The first-order chi connectivity index (χ1) is 11.2. The fourth-order valence-electron chi connectivity index (χ4n) is 3.61. The van der Waals surface area contributed by atoms with Crippen LogP contribution in [-0.4, -0.2) is 62.8 Å². The minimum absolute atomic E-state index is 0.134. The Hall–Kier alpha value is -1.59. The molecular formula is C18H27N3O2. The summed E-state index contributed by atoms with van der Waals surface area (Å²) >= 11 is 0. The summed E-state index contributed by atoms with van der Waals surface area (Å²) < 4.78 is 4.74. The lowest BCUT2D eigenvalue weighted by atomic mass is 10.0. The number of likely N-dealkylation sites (tertiary alicyclic amines) is 1. The van der Waals surface area contributed by atoms with Crippen molar-refractivity contribution in [1.29, 1.82) is 0 Å². The molecular weight excluding hydrogens is 290 g/mol. The van der Waals surface area contributed by atoms with Crippen LogP contribution in [0.1, 0.15) is 19.3 Å². The van der Waals surface area contributed by atoms with Gasteiger partial charge in [-0.05, 0) is 31.4 Å². The molecule has 0 unspecified atom stereocenters. The zero-order valence-corrected chi connectivity index (χ0v) is 13.9. The summed E-state index contributed by atoms with van der Waals surface area (Å²) in [6, 6.07) is 11.8. The van der Waals surface area contributed by atoms with E-state index in [-0.39, 0.29) is 5.97 Å². The van der Waals surface area contributed by atoms with Gasteiger partial charge in [-0.2, -0.15) is 0 Å². The molecule has 1 aromatic rings. The number of anilines is 1. The number of para-hydroxylation sites is 1. The van der Waals surface area contributed by atoms with Crippen molar-refractivity contribution in [2.75, 3.05) is 44.7 Å². The first kappa shape index (κ1) is 16.3. The minimum atomic E-state index is -0.134. The van der Waals surface area contributed by atoms with Crippen LogP contribution in [-0.2, 0) is 9.53 Å². The quantitative estimate of drug-likeness (QED) is 0.834. The number of hydrogen-bond donors (Lipinski definition) is 1. The number of nitrogens with zero attached hydrogens (tertiary/aromatic N) is 2. The van der Waals surface area contributed by atoms with E-state index in [1.54, 1.807) is 0 Å². The minimum Gasteiger partial charge on any atom is -0.468 e. The lowest BCUT2D eigenvalue weighted by Crippen LogP contribution is -2.48. The van der Waals surface area contributed by atoms with Crippen molar-refractivity contribution < 1.29 is 9.53 Å². The average molecular weight is 317 g/mol. The number of piperidine rings is 1. The van der Waals surface area contributed by atoms with Crippen molar-refractivity contribution in [1.82, 2.24) is 10.2 Å². The second-order valence-corrected chi connectivity index (χ2v) is 6.56. The molecule has 2 heterocycles. The standard InChI is InChI=1S/C18H27N3O2/c1-23-18(22)14-20-10-7-15(8-11-20)19-16-9-12-21(13-16)17-5-3-2-4-6-17/h2-6,15-16,19H,7-14H2,1H3/t16-/m1/s1. The molecule has 5 nitrogen and oxygen atoms in total. The van der Waals surface area contributed by atoms with Gasteiger partial charge in [-0.1, -0.05) is 18.2 Å². The Labute approximate surface area is 138 Å². The van der Waals surface area contributed by atoms with Crippen LogP contribution in [0.5, 0.6) is 0 Å². The predicted molar refractivity (Wildman–Crippen MR) is 91.7 cm³/mol. The maximum absolute atomic E-state index is 11.3. The van der Waals surface area contributed by atoms with Gasteiger partial charge in [0.1, 0.15) is 0 Å². The number of carbonyl (C=O) groups excluding carboxylic acids is 1. The molecule has 0 aromatic heterocycles. The van der Waals surface area contributed by atoms with Gasteiger partial charge in [0, 0.05) is 44.0 Å². The van der Waals surface area contributed by atoms with E-state index in [0.717, 1.165) is 39.0 Å². The van der Waals surface area contributed by atoms with Crippen molar-refractivity contribution in [2.45, 2.75) is 31.3 Å². The smallest absolute Gasteiger partial charge is 0.319 e. The first-order valence-corrected chi connectivity index (χ1v) is 8.60. The first-order valence-electron chi connectivity index (χ1n) is 8.60. The lowest BCUT2D eigenvalue weighted by Gasteiger charge is -2.33. The van der Waals surface area contributed by atoms with Crippen LogP contribution in [0.25, 0.3) is 0 Å². The lowest BCUT2D eigenvalue weighted by molar-refractivity contribution is -0.142. The maximum atomic E-state index is 11.3. The maximum Gasteiger partial charge on any atom is 0.319 e. The Morgan fingerprint density at radius 2 is 1.83 bits per heavy atom. The second-order valence-electron chi connectivity index (χ2n) is 6.56. The van der Waals surface area contributed by atoms with Gasteiger partial charge in [-0.25, -0.2) is 0 Å². The van der Waals surface area contributed by atoms with E-state index >= 15 is 0 Å². The summed E-state index contributed by atoms with van der Waals surface area (Å²) in [6.07, 6.45) is 3.43. The van der Waals surface area contributed by atoms with E-state index in [9.17, 15) is 4.79 Å². The van der Waals surface area contributed by atoms with E-state index in [1.807, 2.05) is 0 Å². The Kier molecular flexibility index (Phi) is 5.51. The van der Waals surface area contributed by atoms with Crippen molar-refractivity contribution in [3.8, 4) is 0 Å². The Morgan fingerprint density at radius 3 is 2.52 bits per heavy atom. The molecule has 0 amide bonds. The third kappa shape index (κ3) is 4.45. The van der Waals surface area contributed by atoms with E-state index in [2.05, 4.69) is 45.4 Å². The molecule has 3 rings (SSSR count).